The van der Waals surface area contributed by atoms with Crippen LogP contribution < -0.4 is 0 Å². The Morgan fingerprint density at radius 3 is 0.810 bits per heavy atom. The van der Waals surface area contributed by atoms with E-state index < -0.39 is 0 Å². The van der Waals surface area contributed by atoms with Crippen LogP contribution in [-0.4, -0.2) is 15.0 Å². The maximum absolute atomic E-state index is 5.32. The van der Waals surface area contributed by atoms with Crippen molar-refractivity contribution < 1.29 is 0 Å². The van der Waals surface area contributed by atoms with E-state index in [0.717, 1.165) is 52.6 Å². The quantitative estimate of drug-likeness (QED) is 0.168. The topological polar surface area (TPSA) is 38.7 Å². The maximum Gasteiger partial charge on any atom is 0.164 e. The molecule has 63 heavy (non-hydrogen) atoms. The summed E-state index contributed by atoms with van der Waals surface area (Å²) in [5.74, 6) is 1.93. The van der Waals surface area contributed by atoms with E-state index in [1.165, 1.54) is 83.5 Å². The monoisotopic (exact) mass is 801 g/mol. The van der Waals surface area contributed by atoms with Crippen LogP contribution in [0.4, 0.5) is 0 Å². The molecule has 294 valence electrons. The van der Waals surface area contributed by atoms with Crippen molar-refractivity contribution in [3.63, 3.8) is 0 Å². The highest BCUT2D eigenvalue weighted by Gasteiger charge is 2.25. The third kappa shape index (κ3) is 5.92. The molecule has 0 atom stereocenters. The Balaban J connectivity index is 0.966. The zero-order valence-corrected chi connectivity index (χ0v) is 34.5. The van der Waals surface area contributed by atoms with Gasteiger partial charge in [-0.3, -0.25) is 0 Å². The van der Waals surface area contributed by atoms with E-state index >= 15 is 0 Å². The van der Waals surface area contributed by atoms with Gasteiger partial charge in [-0.25, -0.2) is 15.0 Å². The van der Waals surface area contributed by atoms with Gasteiger partial charge < -0.3 is 0 Å². The first-order chi connectivity index (χ1) is 31.2. The number of hydrogen-bond donors (Lipinski definition) is 0. The van der Waals surface area contributed by atoms with E-state index in [2.05, 4.69) is 200 Å². The number of benzene rings is 9. The number of fused-ring (bicyclic) bond motifs is 9. The van der Waals surface area contributed by atoms with E-state index in [0.29, 0.717) is 17.5 Å². The smallest absolute Gasteiger partial charge is 0.164 e. The van der Waals surface area contributed by atoms with E-state index in [1.54, 1.807) is 0 Å². The van der Waals surface area contributed by atoms with Gasteiger partial charge in [-0.15, -0.1) is 0 Å². The van der Waals surface area contributed by atoms with Crippen LogP contribution >= 0.6 is 0 Å². The summed E-state index contributed by atoms with van der Waals surface area (Å²) in [6.45, 7) is 0. The molecule has 0 unspecified atom stereocenters. The van der Waals surface area contributed by atoms with Crippen LogP contribution in [0, 0.1) is 0 Å². The molecule has 0 spiro atoms. The summed E-state index contributed by atoms with van der Waals surface area (Å²) >= 11 is 0. The molecule has 0 radical (unpaired) electrons. The lowest BCUT2D eigenvalue weighted by Crippen LogP contribution is -2.01. The molecule has 0 saturated carbocycles. The molecule has 3 nitrogen and oxygen atoms in total. The maximum atomic E-state index is 5.32. The zero-order chi connectivity index (χ0) is 41.4. The molecule has 3 aliphatic carbocycles. The normalized spacial score (nSPS) is 12.6. The first-order valence-electron chi connectivity index (χ1n) is 21.9. The average Bonchev–Trinajstić information content (AvgIpc) is 4.05. The van der Waals surface area contributed by atoms with Gasteiger partial charge in [-0.05, 0) is 138 Å². The van der Waals surface area contributed by atoms with Gasteiger partial charge in [0.15, 0.2) is 17.5 Å². The van der Waals surface area contributed by atoms with Crippen molar-refractivity contribution in [3.05, 3.63) is 234 Å². The third-order valence-corrected chi connectivity index (χ3v) is 13.4. The largest absolute Gasteiger partial charge is 0.208 e. The highest BCUT2D eigenvalue weighted by Crippen LogP contribution is 2.46. The van der Waals surface area contributed by atoms with Crippen molar-refractivity contribution in [2.75, 3.05) is 0 Å². The third-order valence-electron chi connectivity index (χ3n) is 13.4. The molecule has 3 aliphatic rings. The van der Waals surface area contributed by atoms with Crippen molar-refractivity contribution in [2.45, 2.75) is 19.3 Å². The Hall–Kier alpha value is -8.01. The first-order valence-corrected chi connectivity index (χ1v) is 21.9. The molecular weight excluding hydrogens is 763 g/mol. The van der Waals surface area contributed by atoms with Crippen molar-refractivity contribution in [3.8, 4) is 101 Å². The summed E-state index contributed by atoms with van der Waals surface area (Å²) in [6.07, 6.45) is 2.86. The lowest BCUT2D eigenvalue weighted by Gasteiger charge is -2.14. The van der Waals surface area contributed by atoms with Gasteiger partial charge >= 0.3 is 0 Å². The average molecular weight is 802 g/mol. The van der Waals surface area contributed by atoms with Gasteiger partial charge in [0.25, 0.3) is 0 Å². The Morgan fingerprint density at radius 1 is 0.222 bits per heavy atom. The van der Waals surface area contributed by atoms with Gasteiger partial charge in [-0.2, -0.15) is 0 Å². The van der Waals surface area contributed by atoms with E-state index in [4.69, 9.17) is 15.0 Å². The summed E-state index contributed by atoms with van der Waals surface area (Å²) in [6, 6.07) is 72.7. The fourth-order valence-corrected chi connectivity index (χ4v) is 10.5. The molecule has 13 rings (SSSR count). The predicted octanol–water partition coefficient (Wildman–Crippen LogP) is 14.6. The zero-order valence-electron chi connectivity index (χ0n) is 34.5. The molecule has 0 amide bonds. The number of rotatable bonds is 6. The van der Waals surface area contributed by atoms with Crippen LogP contribution in [0.5, 0.6) is 0 Å². The standard InChI is InChI=1S/C60H39N3/c1-4-25-49-37(13-1)31-43-19-10-28-52(55(43)49)40-16-7-22-46(34-40)58-61-59(47-23-8-17-41(35-47)53-29-11-20-44-32-38-14-2-5-26-50(38)56(44)53)63-60(62-58)48-24-9-18-42(36-48)54-30-12-21-45-33-39-15-3-6-27-51(39)57(45)54/h1-30,34-36H,31-33H2. The van der Waals surface area contributed by atoms with Gasteiger partial charge in [0, 0.05) is 16.7 Å². The van der Waals surface area contributed by atoms with Crippen LogP contribution in [-0.2, 0) is 19.3 Å². The summed E-state index contributed by atoms with van der Waals surface area (Å²) in [7, 11) is 0. The summed E-state index contributed by atoms with van der Waals surface area (Å²) in [5, 5.41) is 0. The molecule has 0 N–H and O–H groups in total. The Labute approximate surface area is 367 Å². The molecule has 9 aromatic carbocycles. The molecule has 0 fully saturated rings. The fourth-order valence-electron chi connectivity index (χ4n) is 10.5. The van der Waals surface area contributed by atoms with Crippen molar-refractivity contribution in [2.24, 2.45) is 0 Å². The molecule has 0 aliphatic heterocycles. The first kappa shape index (κ1) is 35.7. The van der Waals surface area contributed by atoms with Gasteiger partial charge in [0.2, 0.25) is 0 Å². The van der Waals surface area contributed by atoms with Crippen LogP contribution in [0.15, 0.2) is 200 Å². The second-order valence-corrected chi connectivity index (χ2v) is 17.1. The molecule has 1 aromatic heterocycles. The molecule has 0 bridgehead atoms. The van der Waals surface area contributed by atoms with Crippen LogP contribution in [0.3, 0.4) is 0 Å². The fraction of sp³-hybridized carbons (Fsp3) is 0.0500. The summed E-state index contributed by atoms with van der Waals surface area (Å²) < 4.78 is 0. The number of hydrogen-bond acceptors (Lipinski definition) is 3. The minimum Gasteiger partial charge on any atom is -0.208 e. The number of nitrogens with zero attached hydrogens (tertiary/aromatic N) is 3. The van der Waals surface area contributed by atoms with Crippen LogP contribution in [0.1, 0.15) is 33.4 Å². The molecule has 1 heterocycles. The molecule has 3 heteroatoms. The minimum atomic E-state index is 0.643. The second-order valence-electron chi connectivity index (χ2n) is 17.1. The van der Waals surface area contributed by atoms with Gasteiger partial charge in [0.1, 0.15) is 0 Å². The highest BCUT2D eigenvalue weighted by atomic mass is 15.0. The highest BCUT2D eigenvalue weighted by molar-refractivity contribution is 5.94. The second kappa shape index (κ2) is 14.3. The lowest BCUT2D eigenvalue weighted by molar-refractivity contribution is 1.07. The predicted molar refractivity (Wildman–Crippen MR) is 257 cm³/mol. The van der Waals surface area contributed by atoms with Crippen LogP contribution in [0.2, 0.25) is 0 Å². The molecule has 0 saturated heterocycles. The van der Waals surface area contributed by atoms with Gasteiger partial charge in [-0.1, -0.05) is 182 Å². The van der Waals surface area contributed by atoms with E-state index in [9.17, 15) is 0 Å². The molecular formula is C60H39N3. The van der Waals surface area contributed by atoms with E-state index in [1.807, 2.05) is 0 Å². The minimum absolute atomic E-state index is 0.643. The molecule has 10 aromatic rings. The van der Waals surface area contributed by atoms with Crippen molar-refractivity contribution in [1.29, 1.82) is 0 Å². The number of aromatic nitrogens is 3. The van der Waals surface area contributed by atoms with Crippen molar-refractivity contribution >= 4 is 0 Å². The lowest BCUT2D eigenvalue weighted by atomic mass is 9.93. The summed E-state index contributed by atoms with van der Waals surface area (Å²) in [4.78, 5) is 15.9. The van der Waals surface area contributed by atoms with Gasteiger partial charge in [0.05, 0.1) is 0 Å². The Bertz CT molecular complexity index is 3120. The van der Waals surface area contributed by atoms with Crippen LogP contribution in [0.25, 0.3) is 101 Å². The Kier molecular flexibility index (Phi) is 8.10. The van der Waals surface area contributed by atoms with E-state index in [-0.39, 0.29) is 0 Å². The summed E-state index contributed by atoms with van der Waals surface area (Å²) in [5.41, 5.74) is 26.1. The Morgan fingerprint density at radius 2 is 0.476 bits per heavy atom. The SMILES string of the molecule is c1cc(-c2nc(-c3cccc(-c4cccc5c4-c4ccccc4C5)c3)nc(-c3cccc(-c4cccc5c4-c4ccccc4C5)c3)n2)cc(-c2cccc3c2-c2ccccc2C3)c1. The van der Waals surface area contributed by atoms with Crippen molar-refractivity contribution in [1.82, 2.24) is 15.0 Å².